The van der Waals surface area contributed by atoms with Gasteiger partial charge in [-0.05, 0) is 55.0 Å². The lowest BCUT2D eigenvalue weighted by atomic mass is 10.1. The second-order valence-corrected chi connectivity index (χ2v) is 7.27. The average molecular weight is 432 g/mol. The molecule has 0 saturated heterocycles. The van der Waals surface area contributed by atoms with Gasteiger partial charge in [-0.2, -0.15) is 5.10 Å². The summed E-state index contributed by atoms with van der Waals surface area (Å²) in [6.07, 6.45) is 1.77. The molecule has 162 valence electrons. The van der Waals surface area contributed by atoms with Crippen LogP contribution >= 0.6 is 0 Å². The predicted octanol–water partition coefficient (Wildman–Crippen LogP) is 4.06. The molecule has 0 aliphatic carbocycles. The molecule has 1 aromatic carbocycles. The van der Waals surface area contributed by atoms with E-state index in [1.54, 1.807) is 52.0 Å². The second kappa shape index (κ2) is 8.97. The summed E-state index contributed by atoms with van der Waals surface area (Å²) < 4.78 is 19.8. The quantitative estimate of drug-likeness (QED) is 0.430. The van der Waals surface area contributed by atoms with Crippen LogP contribution in [0, 0.1) is 5.82 Å². The van der Waals surface area contributed by atoms with E-state index >= 15 is 0 Å². The topological polar surface area (TPSA) is 76.8 Å². The molecule has 32 heavy (non-hydrogen) atoms. The number of aromatic nitrogens is 3. The highest BCUT2D eigenvalue weighted by molar-refractivity contribution is 5.94. The first-order chi connectivity index (χ1) is 15.5. The lowest BCUT2D eigenvalue weighted by molar-refractivity contribution is 0.0593. The Morgan fingerprint density at radius 2 is 1.84 bits per heavy atom. The highest BCUT2D eigenvalue weighted by Gasteiger charge is 2.26. The highest BCUT2D eigenvalue weighted by Crippen LogP contribution is 2.25. The van der Waals surface area contributed by atoms with Gasteiger partial charge in [0.05, 0.1) is 30.9 Å². The molecule has 4 rings (SSSR count). The number of benzene rings is 1. The Hall–Kier alpha value is -4.07. The summed E-state index contributed by atoms with van der Waals surface area (Å²) in [7, 11) is 1.28. The van der Waals surface area contributed by atoms with Gasteiger partial charge in [-0.15, -0.1) is 0 Å². The van der Waals surface area contributed by atoms with E-state index in [-0.39, 0.29) is 29.7 Å². The van der Waals surface area contributed by atoms with Crippen molar-refractivity contribution in [2.45, 2.75) is 19.5 Å². The van der Waals surface area contributed by atoms with Gasteiger partial charge in [-0.3, -0.25) is 4.79 Å². The largest absolute Gasteiger partial charge is 0.464 e. The minimum absolute atomic E-state index is 0.121. The van der Waals surface area contributed by atoms with Crippen molar-refractivity contribution in [3.8, 4) is 0 Å². The molecule has 1 atom stereocenters. The number of rotatable bonds is 6. The van der Waals surface area contributed by atoms with E-state index in [2.05, 4.69) is 10.1 Å². The van der Waals surface area contributed by atoms with Gasteiger partial charge in [-0.25, -0.2) is 18.7 Å². The van der Waals surface area contributed by atoms with Gasteiger partial charge < -0.3 is 9.64 Å². The molecule has 0 fully saturated rings. The molecule has 0 aliphatic heterocycles. The van der Waals surface area contributed by atoms with Crippen LogP contribution in [0.1, 0.15) is 45.2 Å². The summed E-state index contributed by atoms with van der Waals surface area (Å²) in [6.45, 7) is 1.97. The van der Waals surface area contributed by atoms with Crippen LogP contribution in [0.2, 0.25) is 0 Å². The van der Waals surface area contributed by atoms with Crippen molar-refractivity contribution < 1.29 is 18.7 Å². The van der Waals surface area contributed by atoms with E-state index in [0.29, 0.717) is 5.69 Å². The van der Waals surface area contributed by atoms with Crippen LogP contribution < -0.4 is 0 Å². The summed E-state index contributed by atoms with van der Waals surface area (Å²) in [5.74, 6) is -1.22. The van der Waals surface area contributed by atoms with E-state index in [9.17, 15) is 14.0 Å². The number of ether oxygens (including phenoxy) is 1. The lowest BCUT2D eigenvalue weighted by Crippen LogP contribution is -2.34. The van der Waals surface area contributed by atoms with E-state index < -0.39 is 12.0 Å². The lowest BCUT2D eigenvalue weighted by Gasteiger charge is -2.29. The molecular formula is C24H21FN4O3. The fourth-order valence-electron chi connectivity index (χ4n) is 3.46. The number of carbonyl (C=O) groups is 2. The van der Waals surface area contributed by atoms with Crippen LogP contribution in [-0.2, 0) is 11.3 Å². The van der Waals surface area contributed by atoms with Crippen molar-refractivity contribution in [3.05, 3.63) is 101 Å². The third-order valence-electron chi connectivity index (χ3n) is 5.20. The highest BCUT2D eigenvalue weighted by atomic mass is 19.1. The molecule has 3 heterocycles. The Labute approximate surface area is 184 Å². The van der Waals surface area contributed by atoms with Gasteiger partial charge in [0.2, 0.25) is 0 Å². The van der Waals surface area contributed by atoms with Crippen molar-refractivity contribution >= 4 is 17.4 Å². The first kappa shape index (κ1) is 21.2. The zero-order valence-corrected chi connectivity index (χ0v) is 17.6. The number of carbonyl (C=O) groups excluding carboxylic acids is 2. The molecule has 0 radical (unpaired) electrons. The predicted molar refractivity (Wildman–Crippen MR) is 115 cm³/mol. The minimum Gasteiger partial charge on any atom is -0.464 e. The molecule has 7 nitrogen and oxygen atoms in total. The number of amides is 1. The van der Waals surface area contributed by atoms with Gasteiger partial charge >= 0.3 is 5.97 Å². The normalized spacial score (nSPS) is 11.8. The molecule has 0 spiro atoms. The summed E-state index contributed by atoms with van der Waals surface area (Å²) in [5, 5.41) is 4.40. The molecule has 0 N–H and O–H groups in total. The fraction of sp³-hybridized carbons (Fsp3) is 0.167. The second-order valence-electron chi connectivity index (χ2n) is 7.27. The summed E-state index contributed by atoms with van der Waals surface area (Å²) >= 11 is 0. The van der Waals surface area contributed by atoms with Gasteiger partial charge in [-0.1, -0.05) is 24.3 Å². The van der Waals surface area contributed by atoms with Crippen LogP contribution in [0.15, 0.2) is 72.9 Å². The number of nitrogens with zero attached hydrogens (tertiary/aromatic N) is 4. The van der Waals surface area contributed by atoms with Crippen LogP contribution in [0.3, 0.4) is 0 Å². The van der Waals surface area contributed by atoms with Crippen LogP contribution in [-0.4, -0.2) is 38.5 Å². The van der Waals surface area contributed by atoms with Crippen LogP contribution in [0.4, 0.5) is 4.39 Å². The maximum Gasteiger partial charge on any atom is 0.356 e. The van der Waals surface area contributed by atoms with E-state index in [1.807, 2.05) is 25.1 Å². The van der Waals surface area contributed by atoms with Crippen molar-refractivity contribution in [3.63, 3.8) is 0 Å². The van der Waals surface area contributed by atoms with Crippen LogP contribution in [0.25, 0.3) is 5.52 Å². The van der Waals surface area contributed by atoms with E-state index in [0.717, 1.165) is 11.1 Å². The molecule has 0 saturated carbocycles. The monoisotopic (exact) mass is 432 g/mol. The Morgan fingerprint density at radius 3 is 2.56 bits per heavy atom. The number of halogens is 1. The standard InChI is InChI=1S/C24H21FN4O3/c1-16(17-9-11-18(25)12-10-17)28(15-19-6-5-8-21(26-19)24(31)32-2)23(30)22-14-20-7-3-4-13-29(20)27-22/h3-14,16H,15H2,1-2H3/t16-/m1/s1. The first-order valence-electron chi connectivity index (χ1n) is 10.0. The number of esters is 1. The maximum atomic E-state index is 13.5. The van der Waals surface area contributed by atoms with Crippen molar-refractivity contribution in [1.29, 1.82) is 0 Å². The van der Waals surface area contributed by atoms with Crippen molar-refractivity contribution in [1.82, 2.24) is 19.5 Å². The summed E-state index contributed by atoms with van der Waals surface area (Å²) in [6, 6.07) is 17.8. The van der Waals surface area contributed by atoms with Crippen LogP contribution in [0.5, 0.6) is 0 Å². The van der Waals surface area contributed by atoms with E-state index in [1.165, 1.54) is 19.2 Å². The van der Waals surface area contributed by atoms with Gasteiger partial charge in [0.25, 0.3) is 5.91 Å². The maximum absolute atomic E-state index is 13.5. The Bertz CT molecular complexity index is 1240. The Kier molecular flexibility index (Phi) is 5.93. The van der Waals surface area contributed by atoms with Crippen molar-refractivity contribution in [2.75, 3.05) is 7.11 Å². The summed E-state index contributed by atoms with van der Waals surface area (Å²) in [5.41, 5.74) is 2.48. The smallest absolute Gasteiger partial charge is 0.356 e. The number of hydrogen-bond donors (Lipinski definition) is 0. The Morgan fingerprint density at radius 1 is 1.06 bits per heavy atom. The third-order valence-corrected chi connectivity index (χ3v) is 5.20. The molecule has 0 unspecified atom stereocenters. The van der Waals surface area contributed by atoms with Crippen molar-refractivity contribution in [2.24, 2.45) is 0 Å². The first-order valence-corrected chi connectivity index (χ1v) is 10.0. The molecule has 8 heteroatoms. The zero-order valence-electron chi connectivity index (χ0n) is 17.6. The molecule has 0 bridgehead atoms. The number of fused-ring (bicyclic) bond motifs is 1. The Balaban J connectivity index is 1.71. The molecular weight excluding hydrogens is 411 g/mol. The van der Waals surface area contributed by atoms with Gasteiger partial charge in [0.1, 0.15) is 11.5 Å². The number of methoxy groups -OCH3 is 1. The zero-order chi connectivity index (χ0) is 22.7. The third kappa shape index (κ3) is 4.34. The van der Waals surface area contributed by atoms with E-state index in [4.69, 9.17) is 4.74 Å². The van der Waals surface area contributed by atoms with Gasteiger partial charge in [0, 0.05) is 6.20 Å². The number of pyridine rings is 2. The molecule has 4 aromatic rings. The molecule has 1 amide bonds. The minimum atomic E-state index is -0.559. The molecule has 0 aliphatic rings. The molecule has 3 aromatic heterocycles. The SMILES string of the molecule is COC(=O)c1cccc(CN(C(=O)c2cc3ccccn3n2)[C@H](C)c2ccc(F)cc2)n1. The fourth-order valence-corrected chi connectivity index (χ4v) is 3.46. The average Bonchev–Trinajstić information content (AvgIpc) is 3.26. The number of hydrogen-bond acceptors (Lipinski definition) is 5. The van der Waals surface area contributed by atoms with Gasteiger partial charge in [0.15, 0.2) is 5.69 Å². The summed E-state index contributed by atoms with van der Waals surface area (Å²) in [4.78, 5) is 31.3.